The summed E-state index contributed by atoms with van der Waals surface area (Å²) in [5, 5.41) is 0.761. The standard InChI is InChI=1S/C21H21ClFN3O4S/c1-11-13-9-15(22)18(30-21(28)26(3)4)10-17(13)29-20(27)14(11)8-12-6-5-7-16(19(12)23)25-31-24-2/h5-7,9-10,24-25H,8H2,1-4H3. The summed E-state index contributed by atoms with van der Waals surface area (Å²) in [4.78, 5) is 25.8. The van der Waals surface area contributed by atoms with Crippen LogP contribution in [0.25, 0.3) is 11.0 Å². The van der Waals surface area contributed by atoms with Gasteiger partial charge in [-0.15, -0.1) is 0 Å². The normalized spacial score (nSPS) is 10.9. The molecule has 2 N–H and O–H groups in total. The SMILES string of the molecule is CNSNc1cccc(Cc2c(C)c3cc(Cl)c(OC(=O)N(C)C)cc3oc2=O)c1F. The first kappa shape index (κ1) is 22.9. The fourth-order valence-electron chi connectivity index (χ4n) is 2.95. The second-order valence-electron chi connectivity index (χ2n) is 6.90. The van der Waals surface area contributed by atoms with E-state index >= 15 is 0 Å². The van der Waals surface area contributed by atoms with Gasteiger partial charge in [0, 0.05) is 49.7 Å². The van der Waals surface area contributed by atoms with E-state index in [2.05, 4.69) is 9.44 Å². The number of amides is 1. The number of anilines is 1. The zero-order chi connectivity index (χ0) is 22.7. The highest BCUT2D eigenvalue weighted by Gasteiger charge is 2.18. The number of rotatable bonds is 6. The molecule has 1 aromatic heterocycles. The fraction of sp³-hybridized carbons (Fsp3) is 0.238. The molecule has 0 aliphatic rings. The first-order valence-corrected chi connectivity index (χ1v) is 10.4. The Labute approximate surface area is 187 Å². The lowest BCUT2D eigenvalue weighted by molar-refractivity contribution is 0.172. The Hall–Kier alpha value is -2.75. The molecule has 31 heavy (non-hydrogen) atoms. The minimum Gasteiger partial charge on any atom is -0.422 e. The zero-order valence-corrected chi connectivity index (χ0v) is 18.9. The molecule has 164 valence electrons. The summed E-state index contributed by atoms with van der Waals surface area (Å²) in [6.07, 6.45) is -0.567. The van der Waals surface area contributed by atoms with Gasteiger partial charge in [0.05, 0.1) is 10.7 Å². The summed E-state index contributed by atoms with van der Waals surface area (Å²) < 4.78 is 31.2. The largest absolute Gasteiger partial charge is 0.422 e. The quantitative estimate of drug-likeness (QED) is 0.402. The van der Waals surface area contributed by atoms with E-state index in [1.54, 1.807) is 38.2 Å². The van der Waals surface area contributed by atoms with E-state index < -0.39 is 17.5 Å². The molecule has 3 rings (SSSR count). The minimum atomic E-state index is -0.614. The molecule has 0 aliphatic heterocycles. The molecule has 0 spiro atoms. The number of hydrogen-bond donors (Lipinski definition) is 2. The van der Waals surface area contributed by atoms with E-state index in [1.165, 1.54) is 25.1 Å². The van der Waals surface area contributed by atoms with Crippen molar-refractivity contribution in [3.05, 3.63) is 68.3 Å². The van der Waals surface area contributed by atoms with Crippen molar-refractivity contribution >= 4 is 46.5 Å². The van der Waals surface area contributed by atoms with Gasteiger partial charge in [-0.1, -0.05) is 23.7 Å². The first-order valence-electron chi connectivity index (χ1n) is 9.23. The molecule has 0 saturated heterocycles. The lowest BCUT2D eigenvalue weighted by Gasteiger charge is -2.14. The van der Waals surface area contributed by atoms with E-state index in [-0.39, 0.29) is 22.8 Å². The lowest BCUT2D eigenvalue weighted by Crippen LogP contribution is -2.25. The van der Waals surface area contributed by atoms with Crippen molar-refractivity contribution in [2.75, 3.05) is 25.9 Å². The van der Waals surface area contributed by atoms with E-state index in [0.717, 1.165) is 12.1 Å². The van der Waals surface area contributed by atoms with Gasteiger partial charge >= 0.3 is 11.7 Å². The summed E-state index contributed by atoms with van der Waals surface area (Å²) in [7, 11) is 4.78. The second-order valence-corrected chi connectivity index (χ2v) is 8.12. The van der Waals surface area contributed by atoms with Crippen LogP contribution in [0.15, 0.2) is 39.5 Å². The Balaban J connectivity index is 2.02. The molecule has 3 aromatic rings. The summed E-state index contributed by atoms with van der Waals surface area (Å²) in [5.74, 6) is -0.372. The van der Waals surface area contributed by atoms with Gasteiger partial charge < -0.3 is 18.8 Å². The molecule has 0 atom stereocenters. The highest BCUT2D eigenvalue weighted by molar-refractivity contribution is 7.98. The van der Waals surface area contributed by atoms with Crippen LogP contribution in [0.4, 0.5) is 14.9 Å². The van der Waals surface area contributed by atoms with Crippen LogP contribution in [0, 0.1) is 12.7 Å². The minimum absolute atomic E-state index is 0.0463. The van der Waals surface area contributed by atoms with E-state index in [9.17, 15) is 14.0 Å². The monoisotopic (exact) mass is 465 g/mol. The highest BCUT2D eigenvalue weighted by Crippen LogP contribution is 2.33. The molecule has 0 unspecified atom stereocenters. The van der Waals surface area contributed by atoms with Crippen LogP contribution in [0.2, 0.25) is 5.02 Å². The number of fused-ring (bicyclic) bond motifs is 1. The molecule has 0 radical (unpaired) electrons. The number of carbonyl (C=O) groups is 1. The van der Waals surface area contributed by atoms with Crippen molar-refractivity contribution < 1.29 is 18.3 Å². The van der Waals surface area contributed by atoms with Gasteiger partial charge in [-0.05, 0) is 37.2 Å². The number of benzene rings is 2. The number of aryl methyl sites for hydroxylation is 1. The summed E-state index contributed by atoms with van der Waals surface area (Å²) in [5.41, 5.74) is 1.20. The molecule has 0 fully saturated rings. The topological polar surface area (TPSA) is 83.8 Å². The smallest absolute Gasteiger partial charge is 0.414 e. The van der Waals surface area contributed by atoms with Gasteiger partial charge in [-0.3, -0.25) is 0 Å². The third-order valence-electron chi connectivity index (χ3n) is 4.61. The molecule has 10 heteroatoms. The maximum absolute atomic E-state index is 14.9. The molecule has 0 bridgehead atoms. The van der Waals surface area contributed by atoms with Gasteiger partial charge in [-0.2, -0.15) is 0 Å². The molecule has 1 heterocycles. The highest BCUT2D eigenvalue weighted by atomic mass is 35.5. The third-order valence-corrected chi connectivity index (χ3v) is 5.43. The molecule has 2 aromatic carbocycles. The van der Waals surface area contributed by atoms with Crippen LogP contribution >= 0.6 is 23.7 Å². The van der Waals surface area contributed by atoms with Gasteiger partial charge in [0.1, 0.15) is 5.58 Å². The number of nitrogens with one attached hydrogen (secondary N) is 2. The second kappa shape index (κ2) is 9.59. The predicted octanol–water partition coefficient (Wildman–Crippen LogP) is 4.74. The maximum atomic E-state index is 14.9. The average Bonchev–Trinajstić information content (AvgIpc) is 2.72. The Bertz CT molecular complexity index is 1200. The van der Waals surface area contributed by atoms with Crippen molar-refractivity contribution in [1.29, 1.82) is 0 Å². The molecule has 0 aliphatic carbocycles. The van der Waals surface area contributed by atoms with Crippen LogP contribution in [0.5, 0.6) is 5.75 Å². The van der Waals surface area contributed by atoms with Gasteiger partial charge in [0.2, 0.25) is 0 Å². The van der Waals surface area contributed by atoms with Crippen LogP contribution in [0.1, 0.15) is 16.7 Å². The number of ether oxygens (including phenoxy) is 1. The number of halogens is 2. The number of carbonyl (C=O) groups excluding carboxylic acids is 1. The van der Waals surface area contributed by atoms with Crippen molar-refractivity contribution in [3.63, 3.8) is 0 Å². The Morgan fingerprint density at radius 3 is 2.74 bits per heavy atom. The molecule has 1 amide bonds. The summed E-state index contributed by atoms with van der Waals surface area (Å²) in [6, 6.07) is 7.89. The Morgan fingerprint density at radius 1 is 1.32 bits per heavy atom. The van der Waals surface area contributed by atoms with E-state index in [0.29, 0.717) is 27.8 Å². The van der Waals surface area contributed by atoms with Gasteiger partial charge in [0.25, 0.3) is 0 Å². The predicted molar refractivity (Wildman–Crippen MR) is 121 cm³/mol. The number of nitrogens with zero attached hydrogens (tertiary/aromatic N) is 1. The van der Waals surface area contributed by atoms with Crippen LogP contribution < -0.4 is 19.8 Å². The van der Waals surface area contributed by atoms with E-state index in [1.807, 2.05) is 0 Å². The van der Waals surface area contributed by atoms with Crippen molar-refractivity contribution in [3.8, 4) is 5.75 Å². The maximum Gasteiger partial charge on any atom is 0.414 e. The molecule has 0 saturated carbocycles. The van der Waals surface area contributed by atoms with Crippen LogP contribution in [-0.2, 0) is 6.42 Å². The van der Waals surface area contributed by atoms with E-state index in [4.69, 9.17) is 20.8 Å². The number of hydrogen-bond acceptors (Lipinski definition) is 7. The van der Waals surface area contributed by atoms with Gasteiger partial charge in [-0.25, -0.2) is 18.7 Å². The first-order chi connectivity index (χ1) is 14.7. The van der Waals surface area contributed by atoms with Gasteiger partial charge in [0.15, 0.2) is 11.6 Å². The molecular formula is C21H21ClFN3O4S. The average molecular weight is 466 g/mol. The fourth-order valence-corrected chi connectivity index (χ4v) is 3.52. The third kappa shape index (κ3) is 4.95. The molecular weight excluding hydrogens is 445 g/mol. The molecule has 7 nitrogen and oxygen atoms in total. The zero-order valence-electron chi connectivity index (χ0n) is 17.3. The van der Waals surface area contributed by atoms with Crippen molar-refractivity contribution in [2.45, 2.75) is 13.3 Å². The van der Waals surface area contributed by atoms with Crippen LogP contribution in [0.3, 0.4) is 0 Å². The van der Waals surface area contributed by atoms with Crippen molar-refractivity contribution in [2.24, 2.45) is 0 Å². The Kier molecular flexibility index (Phi) is 7.09. The summed E-state index contributed by atoms with van der Waals surface area (Å²) >= 11 is 7.41. The van der Waals surface area contributed by atoms with Crippen molar-refractivity contribution in [1.82, 2.24) is 9.62 Å². The van der Waals surface area contributed by atoms with Crippen LogP contribution in [-0.4, -0.2) is 32.1 Å². The lowest BCUT2D eigenvalue weighted by atomic mass is 9.99. The summed E-state index contributed by atoms with van der Waals surface area (Å²) in [6.45, 7) is 1.74. The Morgan fingerprint density at radius 2 is 2.06 bits per heavy atom.